The van der Waals surface area contributed by atoms with Crippen LogP contribution in [-0.2, 0) is 4.74 Å². The summed E-state index contributed by atoms with van der Waals surface area (Å²) >= 11 is 0. The molecule has 0 radical (unpaired) electrons. The molecular weight excluding hydrogens is 244 g/mol. The Hall–Kier alpha value is -1.69. The molecular formula is C13H22N4O2. The van der Waals surface area contributed by atoms with Gasteiger partial charge >= 0.3 is 0 Å². The van der Waals surface area contributed by atoms with Crippen molar-refractivity contribution in [3.05, 3.63) is 18.0 Å². The van der Waals surface area contributed by atoms with Gasteiger partial charge < -0.3 is 15.4 Å². The minimum absolute atomic E-state index is 0.168. The monoisotopic (exact) mass is 266 g/mol. The molecule has 0 aliphatic heterocycles. The second kappa shape index (κ2) is 7.04. The number of ether oxygens (including phenoxy) is 1. The molecule has 19 heavy (non-hydrogen) atoms. The van der Waals surface area contributed by atoms with E-state index < -0.39 is 0 Å². The first-order valence-corrected chi connectivity index (χ1v) is 6.30. The van der Waals surface area contributed by atoms with Gasteiger partial charge in [0.1, 0.15) is 0 Å². The van der Waals surface area contributed by atoms with Gasteiger partial charge in [0.15, 0.2) is 0 Å². The molecule has 1 aromatic rings. The predicted octanol–water partition coefficient (Wildman–Crippen LogP) is 1.45. The summed E-state index contributed by atoms with van der Waals surface area (Å²) in [5, 5.41) is 5.92. The molecule has 0 aliphatic carbocycles. The number of rotatable bonds is 6. The summed E-state index contributed by atoms with van der Waals surface area (Å²) in [4.78, 5) is 20.0. The van der Waals surface area contributed by atoms with Crippen molar-refractivity contribution in [3.8, 4) is 0 Å². The van der Waals surface area contributed by atoms with E-state index in [4.69, 9.17) is 4.74 Å². The predicted molar refractivity (Wildman–Crippen MR) is 74.2 cm³/mol. The van der Waals surface area contributed by atoms with E-state index in [-0.39, 0.29) is 11.4 Å². The van der Waals surface area contributed by atoms with Crippen LogP contribution in [0.4, 0.5) is 5.95 Å². The van der Waals surface area contributed by atoms with Gasteiger partial charge in [0.05, 0.1) is 5.56 Å². The Labute approximate surface area is 114 Å². The van der Waals surface area contributed by atoms with Crippen LogP contribution in [0.25, 0.3) is 0 Å². The average Bonchev–Trinajstić information content (AvgIpc) is 2.33. The van der Waals surface area contributed by atoms with Crippen molar-refractivity contribution in [3.63, 3.8) is 0 Å². The van der Waals surface area contributed by atoms with E-state index in [1.54, 1.807) is 7.11 Å². The van der Waals surface area contributed by atoms with Gasteiger partial charge in [-0.25, -0.2) is 9.97 Å². The lowest BCUT2D eigenvalue weighted by atomic mass is 10.1. The topological polar surface area (TPSA) is 76.1 Å². The molecule has 0 unspecified atom stereocenters. The van der Waals surface area contributed by atoms with Gasteiger partial charge in [0.2, 0.25) is 5.95 Å². The number of amides is 1. The van der Waals surface area contributed by atoms with Crippen LogP contribution in [0.3, 0.4) is 0 Å². The maximum atomic E-state index is 11.8. The number of nitrogens with zero attached hydrogens (tertiary/aromatic N) is 2. The van der Waals surface area contributed by atoms with E-state index in [1.807, 2.05) is 20.8 Å². The number of anilines is 1. The van der Waals surface area contributed by atoms with Crippen LogP contribution in [0.1, 0.15) is 37.6 Å². The SMILES string of the molecule is COCCCNc1ncc(C(=O)NC(C)(C)C)cn1. The van der Waals surface area contributed by atoms with E-state index >= 15 is 0 Å². The van der Waals surface area contributed by atoms with Crippen molar-refractivity contribution in [2.45, 2.75) is 32.7 Å². The molecule has 1 aromatic heterocycles. The van der Waals surface area contributed by atoms with E-state index in [2.05, 4.69) is 20.6 Å². The Morgan fingerprint density at radius 3 is 2.47 bits per heavy atom. The summed E-state index contributed by atoms with van der Waals surface area (Å²) in [7, 11) is 1.67. The Kier molecular flexibility index (Phi) is 5.69. The third-order valence-electron chi connectivity index (χ3n) is 2.21. The number of aromatic nitrogens is 2. The van der Waals surface area contributed by atoms with Gasteiger partial charge in [-0.3, -0.25) is 4.79 Å². The molecule has 0 bridgehead atoms. The van der Waals surface area contributed by atoms with Crippen molar-refractivity contribution in [2.24, 2.45) is 0 Å². The molecule has 0 spiro atoms. The zero-order valence-electron chi connectivity index (χ0n) is 12.0. The van der Waals surface area contributed by atoms with Crippen molar-refractivity contribution in [1.29, 1.82) is 0 Å². The van der Waals surface area contributed by atoms with Gasteiger partial charge in [-0.2, -0.15) is 0 Å². The quantitative estimate of drug-likeness (QED) is 0.762. The maximum Gasteiger partial charge on any atom is 0.254 e. The Balaban J connectivity index is 2.49. The highest BCUT2D eigenvalue weighted by atomic mass is 16.5. The highest BCUT2D eigenvalue weighted by Gasteiger charge is 2.15. The number of hydrogen-bond donors (Lipinski definition) is 2. The van der Waals surface area contributed by atoms with Crippen molar-refractivity contribution < 1.29 is 9.53 Å². The normalized spacial score (nSPS) is 11.2. The Bertz CT molecular complexity index is 398. The fourth-order valence-electron chi connectivity index (χ4n) is 1.37. The molecule has 0 aliphatic rings. The number of nitrogens with one attached hydrogen (secondary N) is 2. The molecule has 0 saturated heterocycles. The van der Waals surface area contributed by atoms with E-state index in [0.717, 1.165) is 13.0 Å². The van der Waals surface area contributed by atoms with E-state index in [9.17, 15) is 4.79 Å². The van der Waals surface area contributed by atoms with Gasteiger partial charge in [0.25, 0.3) is 5.91 Å². The molecule has 0 saturated carbocycles. The molecule has 0 fully saturated rings. The molecule has 1 amide bonds. The lowest BCUT2D eigenvalue weighted by molar-refractivity contribution is 0.0919. The van der Waals surface area contributed by atoms with Crippen LogP contribution in [0.5, 0.6) is 0 Å². The standard InChI is InChI=1S/C13H22N4O2/c1-13(2,3)17-11(18)10-8-15-12(16-9-10)14-6-5-7-19-4/h8-9H,5-7H2,1-4H3,(H,17,18)(H,14,15,16). The van der Waals surface area contributed by atoms with Crippen LogP contribution in [-0.4, -0.2) is 41.7 Å². The maximum absolute atomic E-state index is 11.8. The first-order valence-electron chi connectivity index (χ1n) is 6.30. The lowest BCUT2D eigenvalue weighted by Gasteiger charge is -2.20. The van der Waals surface area contributed by atoms with Crippen LogP contribution in [0.15, 0.2) is 12.4 Å². The van der Waals surface area contributed by atoms with Crippen molar-refractivity contribution in [2.75, 3.05) is 25.6 Å². The van der Waals surface area contributed by atoms with Crippen molar-refractivity contribution >= 4 is 11.9 Å². The Morgan fingerprint density at radius 2 is 1.95 bits per heavy atom. The molecule has 1 rings (SSSR count). The second-order valence-electron chi connectivity index (χ2n) is 5.27. The van der Waals surface area contributed by atoms with Gasteiger partial charge in [-0.1, -0.05) is 0 Å². The highest BCUT2D eigenvalue weighted by molar-refractivity contribution is 5.94. The molecule has 106 valence electrons. The first kappa shape index (κ1) is 15.4. The molecule has 6 nitrogen and oxygen atoms in total. The van der Waals surface area contributed by atoms with Crippen LogP contribution in [0, 0.1) is 0 Å². The fourth-order valence-corrected chi connectivity index (χ4v) is 1.37. The molecule has 6 heteroatoms. The van der Waals surface area contributed by atoms with E-state index in [1.165, 1.54) is 12.4 Å². The van der Waals surface area contributed by atoms with Crippen molar-refractivity contribution in [1.82, 2.24) is 15.3 Å². The van der Waals surface area contributed by atoms with Crippen LogP contribution < -0.4 is 10.6 Å². The summed E-state index contributed by atoms with van der Waals surface area (Å²) in [5.41, 5.74) is 0.186. The number of hydrogen-bond acceptors (Lipinski definition) is 5. The third kappa shape index (κ3) is 6.15. The minimum atomic E-state index is -0.270. The summed E-state index contributed by atoms with van der Waals surface area (Å²) in [5.74, 6) is 0.349. The summed E-state index contributed by atoms with van der Waals surface area (Å²) in [6.45, 7) is 7.22. The van der Waals surface area contributed by atoms with Crippen LogP contribution >= 0.6 is 0 Å². The van der Waals surface area contributed by atoms with Gasteiger partial charge in [-0.05, 0) is 27.2 Å². The minimum Gasteiger partial charge on any atom is -0.385 e. The Morgan fingerprint density at radius 1 is 1.32 bits per heavy atom. The summed E-state index contributed by atoms with van der Waals surface area (Å²) < 4.78 is 4.94. The molecule has 2 N–H and O–H groups in total. The average molecular weight is 266 g/mol. The second-order valence-corrected chi connectivity index (χ2v) is 5.27. The number of carbonyl (C=O) groups is 1. The first-order chi connectivity index (χ1) is 8.92. The molecule has 1 heterocycles. The number of methoxy groups -OCH3 is 1. The zero-order chi connectivity index (χ0) is 14.3. The van der Waals surface area contributed by atoms with Crippen LogP contribution in [0.2, 0.25) is 0 Å². The zero-order valence-corrected chi connectivity index (χ0v) is 12.0. The van der Waals surface area contributed by atoms with Gasteiger partial charge in [0, 0.05) is 38.2 Å². The largest absolute Gasteiger partial charge is 0.385 e. The highest BCUT2D eigenvalue weighted by Crippen LogP contribution is 2.04. The van der Waals surface area contributed by atoms with E-state index in [0.29, 0.717) is 18.1 Å². The summed E-state index contributed by atoms with van der Waals surface area (Å²) in [6.07, 6.45) is 3.92. The van der Waals surface area contributed by atoms with Gasteiger partial charge in [-0.15, -0.1) is 0 Å². The molecule has 0 aromatic carbocycles. The third-order valence-corrected chi connectivity index (χ3v) is 2.21. The molecule has 0 atom stereocenters. The lowest BCUT2D eigenvalue weighted by Crippen LogP contribution is -2.40. The smallest absolute Gasteiger partial charge is 0.254 e. The summed E-state index contributed by atoms with van der Waals surface area (Å²) in [6, 6.07) is 0. The fraction of sp³-hybridized carbons (Fsp3) is 0.615. The number of carbonyl (C=O) groups excluding carboxylic acids is 1.